The molecule has 7 heteroatoms. The number of nitrogens with one attached hydrogen (secondary N) is 1. The lowest BCUT2D eigenvalue weighted by atomic mass is 10.3. The number of nitrogens with zero attached hydrogens (tertiary/aromatic N) is 1. The lowest BCUT2D eigenvalue weighted by Gasteiger charge is -2.19. The molecular formula is C14H20N2O4S. The molecule has 0 saturated carbocycles. The van der Waals surface area contributed by atoms with Crippen LogP contribution in [0.3, 0.4) is 0 Å². The molecule has 0 unspecified atom stereocenters. The van der Waals surface area contributed by atoms with E-state index in [1.165, 1.54) is 31.1 Å². The monoisotopic (exact) mass is 312 g/mol. The van der Waals surface area contributed by atoms with Crippen molar-refractivity contribution in [3.8, 4) is 5.75 Å². The van der Waals surface area contributed by atoms with Gasteiger partial charge in [0.2, 0.25) is 15.9 Å². The van der Waals surface area contributed by atoms with E-state index in [2.05, 4.69) is 11.3 Å². The Morgan fingerprint density at radius 3 is 2.48 bits per heavy atom. The van der Waals surface area contributed by atoms with Crippen molar-refractivity contribution in [1.29, 1.82) is 0 Å². The number of rotatable bonds is 8. The predicted octanol–water partition coefficient (Wildman–Crippen LogP) is 1.01. The summed E-state index contributed by atoms with van der Waals surface area (Å²) in [6, 6.07) is 6.09. The molecule has 0 spiro atoms. The summed E-state index contributed by atoms with van der Waals surface area (Å²) in [5.74, 6) is 0.459. The first-order valence-electron chi connectivity index (χ1n) is 6.41. The molecule has 1 amide bonds. The Kier molecular flexibility index (Phi) is 6.39. The molecule has 0 aliphatic rings. The zero-order valence-corrected chi connectivity index (χ0v) is 13.0. The minimum absolute atomic E-state index is 0.126. The number of carbonyl (C=O) groups is 1. The molecule has 1 N–H and O–H groups in total. The summed E-state index contributed by atoms with van der Waals surface area (Å²) in [7, 11) is -2.08. The average Bonchev–Trinajstić information content (AvgIpc) is 2.46. The molecule has 116 valence electrons. The van der Waals surface area contributed by atoms with Gasteiger partial charge in [-0.2, -0.15) is 0 Å². The predicted molar refractivity (Wildman–Crippen MR) is 80.6 cm³/mol. The summed E-state index contributed by atoms with van der Waals surface area (Å²) < 4.78 is 31.6. The van der Waals surface area contributed by atoms with Crippen LogP contribution in [-0.4, -0.2) is 46.0 Å². The van der Waals surface area contributed by atoms with E-state index in [0.29, 0.717) is 12.3 Å². The quantitative estimate of drug-likeness (QED) is 0.727. The van der Waals surface area contributed by atoms with Gasteiger partial charge in [0.25, 0.3) is 0 Å². The standard InChI is InChI=1S/C14H20N2O4S/c1-4-10-16(12(2)17)11-9-15-21(18,19)14-7-5-13(20-3)6-8-14/h4-8,15H,1,9-11H2,2-3H3. The van der Waals surface area contributed by atoms with Gasteiger partial charge in [-0.15, -0.1) is 6.58 Å². The van der Waals surface area contributed by atoms with Gasteiger partial charge in [0.1, 0.15) is 5.75 Å². The minimum Gasteiger partial charge on any atom is -0.497 e. The van der Waals surface area contributed by atoms with Crippen LogP contribution in [0.1, 0.15) is 6.92 Å². The maximum Gasteiger partial charge on any atom is 0.240 e. The van der Waals surface area contributed by atoms with Gasteiger partial charge in [-0.3, -0.25) is 4.79 Å². The maximum absolute atomic E-state index is 12.1. The van der Waals surface area contributed by atoms with Gasteiger partial charge in [-0.1, -0.05) is 6.08 Å². The summed E-state index contributed by atoms with van der Waals surface area (Å²) in [6.07, 6.45) is 1.60. The van der Waals surface area contributed by atoms with E-state index >= 15 is 0 Å². The van der Waals surface area contributed by atoms with E-state index in [1.807, 2.05) is 0 Å². The first kappa shape index (κ1) is 17.2. The SMILES string of the molecule is C=CCN(CCNS(=O)(=O)c1ccc(OC)cc1)C(C)=O. The zero-order chi connectivity index (χ0) is 15.9. The summed E-state index contributed by atoms with van der Waals surface area (Å²) in [4.78, 5) is 13.0. The molecule has 0 radical (unpaired) electrons. The number of methoxy groups -OCH3 is 1. The van der Waals surface area contributed by atoms with E-state index in [0.717, 1.165) is 0 Å². The Hall–Kier alpha value is -1.86. The van der Waals surface area contributed by atoms with E-state index in [-0.39, 0.29) is 23.9 Å². The van der Waals surface area contributed by atoms with Gasteiger partial charge in [0, 0.05) is 26.6 Å². The molecule has 0 atom stereocenters. The van der Waals surface area contributed by atoms with E-state index in [4.69, 9.17) is 4.74 Å². The number of amides is 1. The zero-order valence-electron chi connectivity index (χ0n) is 12.2. The van der Waals surface area contributed by atoms with Crippen molar-refractivity contribution in [2.75, 3.05) is 26.7 Å². The third-order valence-corrected chi connectivity index (χ3v) is 4.32. The highest BCUT2D eigenvalue weighted by Gasteiger charge is 2.14. The van der Waals surface area contributed by atoms with Crippen LogP contribution >= 0.6 is 0 Å². The van der Waals surface area contributed by atoms with Gasteiger partial charge in [0.15, 0.2) is 0 Å². The molecule has 1 aromatic rings. The molecule has 0 aliphatic carbocycles. The van der Waals surface area contributed by atoms with Crippen molar-refractivity contribution >= 4 is 15.9 Å². The largest absolute Gasteiger partial charge is 0.497 e. The van der Waals surface area contributed by atoms with Crippen molar-refractivity contribution in [2.24, 2.45) is 0 Å². The molecule has 0 aromatic heterocycles. The Morgan fingerprint density at radius 1 is 1.38 bits per heavy atom. The molecule has 21 heavy (non-hydrogen) atoms. The van der Waals surface area contributed by atoms with E-state index in [1.54, 1.807) is 18.2 Å². The second kappa shape index (κ2) is 7.80. The Labute approximate surface area is 125 Å². The fourth-order valence-electron chi connectivity index (χ4n) is 1.69. The van der Waals surface area contributed by atoms with Crippen LogP contribution in [0.25, 0.3) is 0 Å². The number of carbonyl (C=O) groups excluding carboxylic acids is 1. The van der Waals surface area contributed by atoms with E-state index < -0.39 is 10.0 Å². The Morgan fingerprint density at radius 2 is 2.00 bits per heavy atom. The lowest BCUT2D eigenvalue weighted by molar-refractivity contribution is -0.128. The van der Waals surface area contributed by atoms with Crippen molar-refractivity contribution in [1.82, 2.24) is 9.62 Å². The molecule has 6 nitrogen and oxygen atoms in total. The lowest BCUT2D eigenvalue weighted by Crippen LogP contribution is -2.37. The van der Waals surface area contributed by atoms with Gasteiger partial charge < -0.3 is 9.64 Å². The topological polar surface area (TPSA) is 75.7 Å². The molecule has 0 heterocycles. The number of benzene rings is 1. The highest BCUT2D eigenvalue weighted by Crippen LogP contribution is 2.15. The van der Waals surface area contributed by atoms with Crippen molar-refractivity contribution in [3.63, 3.8) is 0 Å². The first-order chi connectivity index (χ1) is 9.90. The third kappa shape index (κ3) is 5.20. The van der Waals surface area contributed by atoms with E-state index in [9.17, 15) is 13.2 Å². The molecule has 1 rings (SSSR count). The van der Waals surface area contributed by atoms with Gasteiger partial charge in [-0.25, -0.2) is 13.1 Å². The molecule has 0 aliphatic heterocycles. The number of ether oxygens (including phenoxy) is 1. The van der Waals surface area contributed by atoms with Gasteiger partial charge in [-0.05, 0) is 24.3 Å². The third-order valence-electron chi connectivity index (χ3n) is 2.84. The van der Waals surface area contributed by atoms with Crippen LogP contribution in [0, 0.1) is 0 Å². The van der Waals surface area contributed by atoms with Crippen LogP contribution in [0.4, 0.5) is 0 Å². The van der Waals surface area contributed by atoms with Crippen molar-refractivity contribution in [2.45, 2.75) is 11.8 Å². The summed E-state index contributed by atoms with van der Waals surface area (Å²) >= 11 is 0. The molecule has 0 bridgehead atoms. The summed E-state index contributed by atoms with van der Waals surface area (Å²) in [5, 5.41) is 0. The average molecular weight is 312 g/mol. The Bertz CT molecular complexity index is 581. The second-order valence-corrected chi connectivity index (χ2v) is 6.09. The van der Waals surface area contributed by atoms with Crippen LogP contribution in [0.2, 0.25) is 0 Å². The smallest absolute Gasteiger partial charge is 0.240 e. The van der Waals surface area contributed by atoms with Crippen LogP contribution in [-0.2, 0) is 14.8 Å². The molecular weight excluding hydrogens is 292 g/mol. The normalized spacial score (nSPS) is 11.0. The fourth-order valence-corrected chi connectivity index (χ4v) is 2.71. The van der Waals surface area contributed by atoms with Crippen LogP contribution in [0.5, 0.6) is 5.75 Å². The van der Waals surface area contributed by atoms with Crippen LogP contribution < -0.4 is 9.46 Å². The Balaban J connectivity index is 2.63. The number of sulfonamides is 1. The molecule has 0 fully saturated rings. The first-order valence-corrected chi connectivity index (χ1v) is 7.89. The molecule has 1 aromatic carbocycles. The second-order valence-electron chi connectivity index (χ2n) is 4.33. The maximum atomic E-state index is 12.1. The highest BCUT2D eigenvalue weighted by atomic mass is 32.2. The van der Waals surface area contributed by atoms with Crippen LogP contribution in [0.15, 0.2) is 41.8 Å². The van der Waals surface area contributed by atoms with Gasteiger partial charge >= 0.3 is 0 Å². The molecule has 0 saturated heterocycles. The fraction of sp³-hybridized carbons (Fsp3) is 0.357. The summed E-state index contributed by atoms with van der Waals surface area (Å²) in [6.45, 7) is 5.81. The number of hydrogen-bond acceptors (Lipinski definition) is 4. The number of hydrogen-bond donors (Lipinski definition) is 1. The minimum atomic E-state index is -3.59. The summed E-state index contributed by atoms with van der Waals surface area (Å²) in [5.41, 5.74) is 0. The van der Waals surface area contributed by atoms with Crippen molar-refractivity contribution < 1.29 is 17.9 Å². The van der Waals surface area contributed by atoms with Gasteiger partial charge in [0.05, 0.1) is 12.0 Å². The van der Waals surface area contributed by atoms with Crippen molar-refractivity contribution in [3.05, 3.63) is 36.9 Å². The highest BCUT2D eigenvalue weighted by molar-refractivity contribution is 7.89.